The minimum Gasteiger partial charge on any atom is -0.336 e. The maximum atomic E-state index is 11.9. The van der Waals surface area contributed by atoms with Crippen LogP contribution in [0.5, 0.6) is 0 Å². The van der Waals surface area contributed by atoms with Gasteiger partial charge in [-0.3, -0.25) is 4.79 Å². The Kier molecular flexibility index (Phi) is 16.2. The molecule has 0 saturated heterocycles. The molecule has 0 radical (unpaired) electrons. The highest BCUT2D eigenvalue weighted by Crippen LogP contribution is 2.15. The van der Waals surface area contributed by atoms with Crippen molar-refractivity contribution in [2.45, 2.75) is 90.9 Å². The first-order chi connectivity index (χ1) is 12.2. The van der Waals surface area contributed by atoms with Crippen LogP contribution in [-0.2, 0) is 14.4 Å². The van der Waals surface area contributed by atoms with Crippen molar-refractivity contribution in [1.82, 2.24) is 5.48 Å². The molecular weight excluding hydrogens is 314 g/mol. The van der Waals surface area contributed by atoms with E-state index >= 15 is 0 Å². The fraction of sp³-hybridized carbons (Fsp3) is 0.714. The number of amides is 1. The van der Waals surface area contributed by atoms with Crippen molar-refractivity contribution in [2.75, 3.05) is 0 Å². The molecule has 25 heavy (non-hydrogen) atoms. The van der Waals surface area contributed by atoms with E-state index in [2.05, 4.69) is 36.0 Å². The predicted molar refractivity (Wildman–Crippen MR) is 104 cm³/mol. The molecule has 0 heterocycles. The van der Waals surface area contributed by atoms with Crippen LogP contribution in [0.15, 0.2) is 24.8 Å². The number of unbranched alkanes of at least 4 members (excludes halogenated alkanes) is 8. The van der Waals surface area contributed by atoms with E-state index in [1.807, 2.05) is 6.92 Å². The SMILES string of the molecule is C=CC(=O)ONC(=O)C(CC)CCCCCCC=CCCCCCC. The van der Waals surface area contributed by atoms with Gasteiger partial charge in [0.1, 0.15) is 0 Å². The summed E-state index contributed by atoms with van der Waals surface area (Å²) in [6.45, 7) is 7.50. The first-order valence-electron chi connectivity index (χ1n) is 9.93. The molecule has 1 N–H and O–H groups in total. The van der Waals surface area contributed by atoms with E-state index in [1.165, 1.54) is 44.9 Å². The van der Waals surface area contributed by atoms with E-state index in [4.69, 9.17) is 0 Å². The molecule has 1 atom stereocenters. The molecule has 0 bridgehead atoms. The van der Waals surface area contributed by atoms with Crippen molar-refractivity contribution < 1.29 is 14.4 Å². The van der Waals surface area contributed by atoms with Crippen molar-refractivity contribution in [3.05, 3.63) is 24.8 Å². The van der Waals surface area contributed by atoms with Crippen LogP contribution in [0.2, 0.25) is 0 Å². The normalized spacial score (nSPS) is 12.1. The summed E-state index contributed by atoms with van der Waals surface area (Å²) in [5.41, 5.74) is 2.21. The van der Waals surface area contributed by atoms with Crippen molar-refractivity contribution in [3.63, 3.8) is 0 Å². The van der Waals surface area contributed by atoms with Gasteiger partial charge in [-0.1, -0.05) is 71.1 Å². The zero-order chi connectivity index (χ0) is 18.8. The molecule has 0 aliphatic carbocycles. The van der Waals surface area contributed by atoms with Crippen molar-refractivity contribution >= 4 is 11.9 Å². The number of carbonyl (C=O) groups excluding carboxylic acids is 2. The molecule has 0 spiro atoms. The van der Waals surface area contributed by atoms with Gasteiger partial charge in [0.2, 0.25) is 0 Å². The van der Waals surface area contributed by atoms with Crippen LogP contribution in [0, 0.1) is 5.92 Å². The van der Waals surface area contributed by atoms with Crippen LogP contribution in [0.4, 0.5) is 0 Å². The Bertz CT molecular complexity index is 391. The number of hydroxylamine groups is 1. The molecule has 4 nitrogen and oxygen atoms in total. The maximum absolute atomic E-state index is 11.9. The summed E-state index contributed by atoms with van der Waals surface area (Å²) >= 11 is 0. The largest absolute Gasteiger partial charge is 0.355 e. The lowest BCUT2D eigenvalue weighted by molar-refractivity contribution is -0.155. The van der Waals surface area contributed by atoms with E-state index in [9.17, 15) is 9.59 Å². The third-order valence-electron chi connectivity index (χ3n) is 4.35. The van der Waals surface area contributed by atoms with Gasteiger partial charge in [0.25, 0.3) is 5.91 Å². The molecule has 0 aromatic heterocycles. The van der Waals surface area contributed by atoms with E-state index < -0.39 is 5.97 Å². The monoisotopic (exact) mass is 351 g/mol. The Morgan fingerprint density at radius 1 is 0.960 bits per heavy atom. The minimum absolute atomic E-state index is 0.0966. The number of carbonyl (C=O) groups is 2. The van der Waals surface area contributed by atoms with E-state index in [1.54, 1.807) is 0 Å². The first-order valence-corrected chi connectivity index (χ1v) is 9.93. The van der Waals surface area contributed by atoms with Crippen molar-refractivity contribution in [1.29, 1.82) is 0 Å². The Labute approximate surface area is 154 Å². The van der Waals surface area contributed by atoms with Gasteiger partial charge >= 0.3 is 5.97 Å². The minimum atomic E-state index is -0.637. The quantitative estimate of drug-likeness (QED) is 0.180. The molecule has 0 saturated carbocycles. The van der Waals surface area contributed by atoms with Crippen molar-refractivity contribution in [3.8, 4) is 0 Å². The Morgan fingerprint density at radius 3 is 2.12 bits per heavy atom. The van der Waals surface area contributed by atoms with Crippen LogP contribution in [0.1, 0.15) is 90.9 Å². The molecule has 0 rings (SSSR count). The average molecular weight is 352 g/mol. The fourth-order valence-electron chi connectivity index (χ4n) is 2.68. The Balaban J connectivity index is 3.60. The summed E-state index contributed by atoms with van der Waals surface area (Å²) in [4.78, 5) is 27.4. The molecule has 0 fully saturated rings. The maximum Gasteiger partial charge on any atom is 0.355 e. The summed E-state index contributed by atoms with van der Waals surface area (Å²) in [6.07, 6.45) is 19.5. The molecule has 4 heteroatoms. The van der Waals surface area contributed by atoms with Gasteiger partial charge < -0.3 is 4.84 Å². The topological polar surface area (TPSA) is 55.4 Å². The summed E-state index contributed by atoms with van der Waals surface area (Å²) in [7, 11) is 0. The molecular formula is C21H37NO3. The van der Waals surface area contributed by atoms with Crippen LogP contribution in [0.25, 0.3) is 0 Å². The highest BCUT2D eigenvalue weighted by Gasteiger charge is 2.16. The van der Waals surface area contributed by atoms with Gasteiger partial charge in [0.05, 0.1) is 0 Å². The van der Waals surface area contributed by atoms with E-state index in [0.29, 0.717) is 0 Å². The van der Waals surface area contributed by atoms with Gasteiger partial charge in [-0.25, -0.2) is 4.79 Å². The highest BCUT2D eigenvalue weighted by atomic mass is 16.7. The van der Waals surface area contributed by atoms with Gasteiger partial charge in [-0.05, 0) is 38.5 Å². The standard InChI is InChI=1S/C21H37NO3/c1-4-7-8-9-10-11-12-13-14-15-16-17-18-19(5-2)21(24)22-25-20(23)6-3/h6,11-12,19H,3-5,7-10,13-18H2,1-2H3,(H,22,24). The van der Waals surface area contributed by atoms with E-state index in [0.717, 1.165) is 38.2 Å². The number of hydrogen-bond donors (Lipinski definition) is 1. The van der Waals surface area contributed by atoms with Gasteiger partial charge in [-0.2, -0.15) is 5.48 Å². The second-order valence-corrected chi connectivity index (χ2v) is 6.51. The molecule has 1 amide bonds. The molecule has 0 aliphatic heterocycles. The van der Waals surface area contributed by atoms with Crippen LogP contribution in [-0.4, -0.2) is 11.9 Å². The van der Waals surface area contributed by atoms with Crippen LogP contribution in [0.3, 0.4) is 0 Å². The number of nitrogens with one attached hydrogen (secondary N) is 1. The molecule has 0 aliphatic rings. The molecule has 0 aromatic rings. The Hall–Kier alpha value is -1.58. The molecule has 144 valence electrons. The third kappa shape index (κ3) is 14.5. The lowest BCUT2D eigenvalue weighted by Gasteiger charge is -2.13. The number of hydrogen-bond acceptors (Lipinski definition) is 3. The first kappa shape index (κ1) is 23.4. The van der Waals surface area contributed by atoms with Gasteiger partial charge in [0.15, 0.2) is 0 Å². The highest BCUT2D eigenvalue weighted by molar-refractivity contribution is 5.84. The average Bonchev–Trinajstić information content (AvgIpc) is 2.63. The number of rotatable bonds is 15. The zero-order valence-electron chi connectivity index (χ0n) is 16.2. The van der Waals surface area contributed by atoms with E-state index in [-0.39, 0.29) is 11.8 Å². The number of allylic oxidation sites excluding steroid dienone is 2. The second-order valence-electron chi connectivity index (χ2n) is 6.51. The summed E-state index contributed by atoms with van der Waals surface area (Å²) < 4.78 is 0. The lowest BCUT2D eigenvalue weighted by atomic mass is 9.97. The predicted octanol–water partition coefficient (Wildman–Crippen LogP) is 5.64. The molecule has 0 aromatic carbocycles. The second kappa shape index (κ2) is 17.2. The van der Waals surface area contributed by atoms with Crippen molar-refractivity contribution in [2.24, 2.45) is 5.92 Å². The third-order valence-corrected chi connectivity index (χ3v) is 4.35. The summed E-state index contributed by atoms with van der Waals surface area (Å²) in [5.74, 6) is -0.953. The lowest BCUT2D eigenvalue weighted by Crippen LogP contribution is -2.32. The van der Waals surface area contributed by atoms with Gasteiger partial charge in [0, 0.05) is 12.0 Å². The zero-order valence-corrected chi connectivity index (χ0v) is 16.2. The fourth-order valence-corrected chi connectivity index (χ4v) is 2.68. The van der Waals surface area contributed by atoms with Crippen LogP contribution < -0.4 is 5.48 Å². The smallest absolute Gasteiger partial charge is 0.336 e. The summed E-state index contributed by atoms with van der Waals surface area (Å²) in [5, 5.41) is 0. The Morgan fingerprint density at radius 2 is 1.56 bits per heavy atom. The van der Waals surface area contributed by atoms with Gasteiger partial charge in [-0.15, -0.1) is 0 Å². The molecule has 1 unspecified atom stereocenters. The van der Waals surface area contributed by atoms with Crippen LogP contribution >= 0.6 is 0 Å². The summed E-state index contributed by atoms with van der Waals surface area (Å²) in [6, 6.07) is 0.